The van der Waals surface area contributed by atoms with Crippen molar-refractivity contribution in [2.75, 3.05) is 12.4 Å². The zero-order chi connectivity index (χ0) is 12.3. The summed E-state index contributed by atoms with van der Waals surface area (Å²) in [5.41, 5.74) is 0.571. The average Bonchev–Trinajstić information content (AvgIpc) is 2.95. The minimum absolute atomic E-state index is 0.103. The highest BCUT2D eigenvalue weighted by molar-refractivity contribution is 6.18. The molecule has 5 heteroatoms. The quantitative estimate of drug-likeness (QED) is 0.836. The van der Waals surface area contributed by atoms with Gasteiger partial charge in [0.05, 0.1) is 6.33 Å². The topological polar surface area (TPSA) is 46.9 Å². The fraction of sp³-hybridized carbons (Fsp3) is 0.667. The van der Waals surface area contributed by atoms with Gasteiger partial charge in [0.1, 0.15) is 5.69 Å². The smallest absolute Gasteiger partial charge is 0.271 e. The molecular formula is C12H18ClN3O. The molecule has 1 aliphatic rings. The van der Waals surface area contributed by atoms with Crippen LogP contribution >= 0.6 is 11.6 Å². The number of halogens is 1. The van der Waals surface area contributed by atoms with Gasteiger partial charge >= 0.3 is 0 Å². The van der Waals surface area contributed by atoms with E-state index in [1.54, 1.807) is 17.1 Å². The molecule has 94 valence electrons. The van der Waals surface area contributed by atoms with Gasteiger partial charge in [0.2, 0.25) is 0 Å². The van der Waals surface area contributed by atoms with Gasteiger partial charge in [-0.25, -0.2) is 4.98 Å². The Labute approximate surface area is 106 Å². The molecule has 0 aromatic carbocycles. The lowest BCUT2D eigenvalue weighted by atomic mass is 9.88. The molecule has 0 bridgehead atoms. The van der Waals surface area contributed by atoms with Crippen molar-refractivity contribution in [3.05, 3.63) is 18.2 Å². The molecular weight excluding hydrogens is 238 g/mol. The second-order valence-electron chi connectivity index (χ2n) is 4.95. The maximum Gasteiger partial charge on any atom is 0.271 e. The number of nitrogens with one attached hydrogen (secondary N) is 1. The van der Waals surface area contributed by atoms with E-state index in [9.17, 15) is 4.79 Å². The molecule has 2 rings (SSSR count). The molecule has 0 spiro atoms. The van der Waals surface area contributed by atoms with Crippen molar-refractivity contribution < 1.29 is 4.79 Å². The minimum atomic E-state index is -0.109. The predicted molar refractivity (Wildman–Crippen MR) is 67.2 cm³/mol. The Morgan fingerprint density at radius 1 is 1.59 bits per heavy atom. The summed E-state index contributed by atoms with van der Waals surface area (Å²) in [7, 11) is 1.85. The molecule has 1 heterocycles. The highest BCUT2D eigenvalue weighted by Crippen LogP contribution is 2.38. The lowest BCUT2D eigenvalue weighted by Crippen LogP contribution is -2.37. The first-order valence-corrected chi connectivity index (χ1v) is 6.51. The van der Waals surface area contributed by atoms with E-state index in [2.05, 4.69) is 10.3 Å². The van der Waals surface area contributed by atoms with Crippen LogP contribution in [0, 0.1) is 5.41 Å². The summed E-state index contributed by atoms with van der Waals surface area (Å²) in [6.07, 6.45) is 8.00. The fourth-order valence-corrected chi connectivity index (χ4v) is 2.73. The number of imidazole rings is 1. The predicted octanol–water partition coefficient (Wildman–Crippen LogP) is 1.95. The largest absolute Gasteiger partial charge is 0.350 e. The standard InChI is InChI=1S/C12H18ClN3O/c1-16-6-10(15-9-16)11(17)14-8-12(7-13)4-2-3-5-12/h6,9H,2-5,7-8H2,1H3,(H,14,17). The van der Waals surface area contributed by atoms with Gasteiger partial charge in [0.25, 0.3) is 5.91 Å². The van der Waals surface area contributed by atoms with Gasteiger partial charge in [-0.3, -0.25) is 4.79 Å². The zero-order valence-corrected chi connectivity index (χ0v) is 10.8. The van der Waals surface area contributed by atoms with Gasteiger partial charge < -0.3 is 9.88 Å². The van der Waals surface area contributed by atoms with E-state index in [0.717, 1.165) is 12.8 Å². The molecule has 0 atom stereocenters. The maximum absolute atomic E-state index is 11.8. The van der Waals surface area contributed by atoms with Crippen LogP contribution in [0.15, 0.2) is 12.5 Å². The molecule has 1 aromatic heterocycles. The second-order valence-corrected chi connectivity index (χ2v) is 5.22. The number of hydrogen-bond donors (Lipinski definition) is 1. The summed E-state index contributed by atoms with van der Waals surface area (Å²) in [6.45, 7) is 0.659. The van der Waals surface area contributed by atoms with Crippen LogP contribution in [0.3, 0.4) is 0 Å². The number of rotatable bonds is 4. The van der Waals surface area contributed by atoms with Gasteiger partial charge in [-0.1, -0.05) is 12.8 Å². The lowest BCUT2D eigenvalue weighted by molar-refractivity contribution is 0.0930. The number of nitrogens with zero attached hydrogens (tertiary/aromatic N) is 2. The van der Waals surface area contributed by atoms with Crippen molar-refractivity contribution in [2.24, 2.45) is 12.5 Å². The van der Waals surface area contributed by atoms with E-state index in [0.29, 0.717) is 18.1 Å². The van der Waals surface area contributed by atoms with Gasteiger partial charge in [0, 0.05) is 31.1 Å². The van der Waals surface area contributed by atoms with Crippen molar-refractivity contribution >= 4 is 17.5 Å². The first kappa shape index (κ1) is 12.4. The lowest BCUT2D eigenvalue weighted by Gasteiger charge is -2.26. The van der Waals surface area contributed by atoms with Crippen LogP contribution in [0.25, 0.3) is 0 Å². The third kappa shape index (κ3) is 2.80. The molecule has 0 unspecified atom stereocenters. The molecule has 17 heavy (non-hydrogen) atoms. The third-order valence-electron chi connectivity index (χ3n) is 3.51. The molecule has 1 amide bonds. The maximum atomic E-state index is 11.8. The van der Waals surface area contributed by atoms with Crippen molar-refractivity contribution in [2.45, 2.75) is 25.7 Å². The molecule has 1 saturated carbocycles. The van der Waals surface area contributed by atoms with Crippen molar-refractivity contribution in [3.63, 3.8) is 0 Å². The van der Waals surface area contributed by atoms with Crippen LogP contribution < -0.4 is 5.32 Å². The number of carbonyl (C=O) groups is 1. The van der Waals surface area contributed by atoms with E-state index in [1.165, 1.54) is 12.8 Å². The fourth-order valence-electron chi connectivity index (χ4n) is 2.37. The summed E-state index contributed by atoms with van der Waals surface area (Å²) in [5.74, 6) is 0.511. The van der Waals surface area contributed by atoms with Gasteiger partial charge in [0.15, 0.2) is 0 Å². The number of amides is 1. The van der Waals surface area contributed by atoms with Crippen LogP contribution in [0.4, 0.5) is 0 Å². The normalized spacial score (nSPS) is 18.2. The molecule has 0 aliphatic heterocycles. The first-order valence-electron chi connectivity index (χ1n) is 5.97. The molecule has 4 nitrogen and oxygen atoms in total. The minimum Gasteiger partial charge on any atom is -0.350 e. The Morgan fingerprint density at radius 2 is 2.29 bits per heavy atom. The Hall–Kier alpha value is -1.03. The average molecular weight is 256 g/mol. The van der Waals surface area contributed by atoms with E-state index >= 15 is 0 Å². The molecule has 0 radical (unpaired) electrons. The van der Waals surface area contributed by atoms with Crippen molar-refractivity contribution in [1.82, 2.24) is 14.9 Å². The van der Waals surface area contributed by atoms with E-state index in [4.69, 9.17) is 11.6 Å². The SMILES string of the molecule is Cn1cnc(C(=O)NCC2(CCl)CCCC2)c1. The molecule has 1 aliphatic carbocycles. The van der Waals surface area contributed by atoms with E-state index in [-0.39, 0.29) is 11.3 Å². The van der Waals surface area contributed by atoms with E-state index < -0.39 is 0 Å². The van der Waals surface area contributed by atoms with Crippen LogP contribution in [0.5, 0.6) is 0 Å². The van der Waals surface area contributed by atoms with Gasteiger partial charge in [-0.05, 0) is 12.8 Å². The summed E-state index contributed by atoms with van der Waals surface area (Å²) in [6, 6.07) is 0. The van der Waals surface area contributed by atoms with Gasteiger partial charge in [-0.2, -0.15) is 0 Å². The van der Waals surface area contributed by atoms with Crippen LogP contribution in [-0.2, 0) is 7.05 Å². The Bertz CT molecular complexity index is 396. The summed E-state index contributed by atoms with van der Waals surface area (Å²) in [4.78, 5) is 15.9. The monoisotopic (exact) mass is 255 g/mol. The summed E-state index contributed by atoms with van der Waals surface area (Å²) in [5, 5.41) is 2.95. The number of hydrogen-bond acceptors (Lipinski definition) is 2. The van der Waals surface area contributed by atoms with Crippen LogP contribution in [-0.4, -0.2) is 27.9 Å². The highest BCUT2D eigenvalue weighted by Gasteiger charge is 2.33. The number of aromatic nitrogens is 2. The Balaban J connectivity index is 1.91. The van der Waals surface area contributed by atoms with Crippen LogP contribution in [0.1, 0.15) is 36.2 Å². The second kappa shape index (κ2) is 5.08. The number of aryl methyl sites for hydroxylation is 1. The Morgan fingerprint density at radius 3 is 2.82 bits per heavy atom. The van der Waals surface area contributed by atoms with Gasteiger partial charge in [-0.15, -0.1) is 11.6 Å². The molecule has 1 aromatic rings. The van der Waals surface area contributed by atoms with Crippen molar-refractivity contribution in [3.8, 4) is 0 Å². The Kier molecular flexibility index (Phi) is 3.72. The molecule has 1 N–H and O–H groups in total. The van der Waals surface area contributed by atoms with E-state index in [1.807, 2.05) is 7.05 Å². The summed E-state index contributed by atoms with van der Waals surface area (Å²) < 4.78 is 1.77. The number of alkyl halides is 1. The molecule has 0 saturated heterocycles. The first-order chi connectivity index (χ1) is 8.15. The van der Waals surface area contributed by atoms with Crippen molar-refractivity contribution in [1.29, 1.82) is 0 Å². The van der Waals surface area contributed by atoms with Crippen LogP contribution in [0.2, 0.25) is 0 Å². The number of carbonyl (C=O) groups excluding carboxylic acids is 1. The zero-order valence-electron chi connectivity index (χ0n) is 10.1. The highest BCUT2D eigenvalue weighted by atomic mass is 35.5. The summed E-state index contributed by atoms with van der Waals surface area (Å²) >= 11 is 6.03. The third-order valence-corrected chi connectivity index (χ3v) is 4.08. The molecule has 1 fully saturated rings.